The zero-order chi connectivity index (χ0) is 11.0. The largest absolute Gasteiger partial charge is 0.342 e. The van der Waals surface area contributed by atoms with Crippen molar-refractivity contribution in [2.45, 2.75) is 51.4 Å². The number of hydrogen-bond donors (Lipinski definition) is 0. The van der Waals surface area contributed by atoms with E-state index in [9.17, 15) is 4.79 Å². The van der Waals surface area contributed by atoms with Gasteiger partial charge in [-0.15, -0.1) is 0 Å². The van der Waals surface area contributed by atoms with Crippen LogP contribution in [0, 0.1) is 17.8 Å². The van der Waals surface area contributed by atoms with E-state index in [0.29, 0.717) is 5.91 Å². The second-order valence-corrected chi connectivity index (χ2v) is 6.07. The number of carbonyl (C=O) groups excluding carboxylic acids is 1. The normalized spacial score (nSPS) is 39.1. The molecular formula is C14H23NO. The maximum atomic E-state index is 11.6. The average molecular weight is 221 g/mol. The molecule has 3 fully saturated rings. The van der Waals surface area contributed by atoms with Crippen LogP contribution >= 0.6 is 0 Å². The lowest BCUT2D eigenvalue weighted by Crippen LogP contribution is -2.34. The molecule has 0 N–H and O–H groups in total. The molecule has 3 atom stereocenters. The minimum Gasteiger partial charge on any atom is -0.342 e. The van der Waals surface area contributed by atoms with Crippen LogP contribution in [-0.2, 0) is 4.79 Å². The minimum atomic E-state index is 0.411. The molecule has 0 aromatic heterocycles. The SMILES string of the molecule is O=C1CCCN1CC1CCC2CCCC2C1. The van der Waals surface area contributed by atoms with E-state index in [-0.39, 0.29) is 0 Å². The quantitative estimate of drug-likeness (QED) is 0.702. The number of nitrogens with zero attached hydrogens (tertiary/aromatic N) is 1. The van der Waals surface area contributed by atoms with Gasteiger partial charge in [-0.2, -0.15) is 0 Å². The van der Waals surface area contributed by atoms with E-state index < -0.39 is 0 Å². The fourth-order valence-corrected chi connectivity index (χ4v) is 4.17. The van der Waals surface area contributed by atoms with Gasteiger partial charge in [0.2, 0.25) is 5.91 Å². The summed E-state index contributed by atoms with van der Waals surface area (Å²) in [7, 11) is 0. The third-order valence-corrected chi connectivity index (χ3v) is 5.05. The topological polar surface area (TPSA) is 20.3 Å². The zero-order valence-electron chi connectivity index (χ0n) is 10.2. The maximum absolute atomic E-state index is 11.6. The van der Waals surface area contributed by atoms with E-state index in [1.807, 2.05) is 0 Å². The molecule has 2 heteroatoms. The first kappa shape index (κ1) is 10.6. The van der Waals surface area contributed by atoms with Gasteiger partial charge in [0.05, 0.1) is 0 Å². The smallest absolute Gasteiger partial charge is 0.222 e. The van der Waals surface area contributed by atoms with Crippen molar-refractivity contribution in [3.05, 3.63) is 0 Å². The Morgan fingerprint density at radius 2 is 1.94 bits per heavy atom. The molecule has 1 aliphatic heterocycles. The fourth-order valence-electron chi connectivity index (χ4n) is 4.17. The van der Waals surface area contributed by atoms with Gasteiger partial charge in [0.1, 0.15) is 0 Å². The van der Waals surface area contributed by atoms with Crippen LogP contribution in [0.3, 0.4) is 0 Å². The summed E-state index contributed by atoms with van der Waals surface area (Å²) in [6.45, 7) is 2.10. The molecule has 3 rings (SSSR count). The summed E-state index contributed by atoms with van der Waals surface area (Å²) in [6, 6.07) is 0. The summed E-state index contributed by atoms with van der Waals surface area (Å²) in [4.78, 5) is 13.7. The van der Waals surface area contributed by atoms with Crippen LogP contribution in [-0.4, -0.2) is 23.9 Å². The van der Waals surface area contributed by atoms with Gasteiger partial charge < -0.3 is 4.90 Å². The van der Waals surface area contributed by atoms with Gasteiger partial charge in [-0.3, -0.25) is 4.79 Å². The van der Waals surface area contributed by atoms with Crippen molar-refractivity contribution in [3.63, 3.8) is 0 Å². The van der Waals surface area contributed by atoms with Crippen LogP contribution in [0.2, 0.25) is 0 Å². The number of carbonyl (C=O) groups is 1. The van der Waals surface area contributed by atoms with Gasteiger partial charge in [0, 0.05) is 19.5 Å². The third kappa shape index (κ3) is 1.99. The van der Waals surface area contributed by atoms with Crippen LogP contribution in [0.1, 0.15) is 51.4 Å². The van der Waals surface area contributed by atoms with Gasteiger partial charge in [-0.25, -0.2) is 0 Å². The van der Waals surface area contributed by atoms with Crippen LogP contribution < -0.4 is 0 Å². The summed E-state index contributed by atoms with van der Waals surface area (Å²) in [5.74, 6) is 3.29. The summed E-state index contributed by atoms with van der Waals surface area (Å²) in [6.07, 6.45) is 10.5. The minimum absolute atomic E-state index is 0.411. The molecule has 2 aliphatic carbocycles. The Bertz CT molecular complexity index is 276. The van der Waals surface area contributed by atoms with E-state index in [0.717, 1.165) is 43.7 Å². The van der Waals surface area contributed by atoms with E-state index in [2.05, 4.69) is 4.90 Å². The van der Waals surface area contributed by atoms with Crippen molar-refractivity contribution in [3.8, 4) is 0 Å². The highest BCUT2D eigenvalue weighted by molar-refractivity contribution is 5.78. The Kier molecular flexibility index (Phi) is 2.91. The molecule has 1 heterocycles. The highest BCUT2D eigenvalue weighted by Gasteiger charge is 2.35. The molecule has 0 bridgehead atoms. The Morgan fingerprint density at radius 3 is 2.75 bits per heavy atom. The van der Waals surface area contributed by atoms with Crippen molar-refractivity contribution in [2.24, 2.45) is 17.8 Å². The zero-order valence-corrected chi connectivity index (χ0v) is 10.2. The number of hydrogen-bond acceptors (Lipinski definition) is 1. The molecule has 90 valence electrons. The Hall–Kier alpha value is -0.530. The van der Waals surface area contributed by atoms with Crippen LogP contribution in [0.15, 0.2) is 0 Å². The van der Waals surface area contributed by atoms with Crippen molar-refractivity contribution < 1.29 is 4.79 Å². The fraction of sp³-hybridized carbons (Fsp3) is 0.929. The highest BCUT2D eigenvalue weighted by atomic mass is 16.2. The van der Waals surface area contributed by atoms with Gasteiger partial charge in [-0.1, -0.05) is 19.3 Å². The Labute approximate surface area is 98.4 Å². The molecule has 3 unspecified atom stereocenters. The lowest BCUT2D eigenvalue weighted by molar-refractivity contribution is -0.128. The summed E-state index contributed by atoms with van der Waals surface area (Å²) in [5.41, 5.74) is 0. The van der Waals surface area contributed by atoms with E-state index >= 15 is 0 Å². The van der Waals surface area contributed by atoms with Crippen molar-refractivity contribution in [1.29, 1.82) is 0 Å². The molecule has 2 nitrogen and oxygen atoms in total. The first-order valence-corrected chi connectivity index (χ1v) is 7.10. The molecule has 0 radical (unpaired) electrons. The van der Waals surface area contributed by atoms with Crippen molar-refractivity contribution in [2.75, 3.05) is 13.1 Å². The van der Waals surface area contributed by atoms with E-state index in [1.165, 1.54) is 38.5 Å². The number of rotatable bonds is 2. The molecular weight excluding hydrogens is 198 g/mol. The molecule has 0 aromatic rings. The molecule has 1 saturated heterocycles. The first-order chi connectivity index (χ1) is 7.83. The second kappa shape index (κ2) is 4.38. The lowest BCUT2D eigenvalue weighted by atomic mass is 9.76. The monoisotopic (exact) mass is 221 g/mol. The van der Waals surface area contributed by atoms with Crippen molar-refractivity contribution >= 4 is 5.91 Å². The standard InChI is InChI=1S/C14H23NO/c16-14-5-2-8-15(14)10-11-6-7-12-3-1-4-13(12)9-11/h11-13H,1-10H2. The molecule has 2 saturated carbocycles. The average Bonchev–Trinajstić information content (AvgIpc) is 2.88. The summed E-state index contributed by atoms with van der Waals surface area (Å²) >= 11 is 0. The van der Waals surface area contributed by atoms with Gasteiger partial charge in [0.15, 0.2) is 0 Å². The Morgan fingerprint density at radius 1 is 1.06 bits per heavy atom. The molecule has 16 heavy (non-hydrogen) atoms. The predicted molar refractivity (Wildman–Crippen MR) is 64.0 cm³/mol. The highest BCUT2D eigenvalue weighted by Crippen LogP contribution is 2.44. The number of fused-ring (bicyclic) bond motifs is 1. The van der Waals surface area contributed by atoms with E-state index in [4.69, 9.17) is 0 Å². The molecule has 0 aromatic carbocycles. The van der Waals surface area contributed by atoms with Crippen molar-refractivity contribution in [1.82, 2.24) is 4.90 Å². The maximum Gasteiger partial charge on any atom is 0.222 e. The van der Waals surface area contributed by atoms with Gasteiger partial charge in [0.25, 0.3) is 0 Å². The predicted octanol–water partition coefficient (Wildman–Crippen LogP) is 2.83. The number of amides is 1. The third-order valence-electron chi connectivity index (χ3n) is 5.05. The first-order valence-electron chi connectivity index (χ1n) is 7.10. The van der Waals surface area contributed by atoms with Crippen LogP contribution in [0.4, 0.5) is 0 Å². The lowest BCUT2D eigenvalue weighted by Gasteiger charge is -2.34. The molecule has 1 amide bonds. The van der Waals surface area contributed by atoms with Crippen LogP contribution in [0.5, 0.6) is 0 Å². The summed E-state index contributed by atoms with van der Waals surface area (Å²) < 4.78 is 0. The van der Waals surface area contributed by atoms with Gasteiger partial charge >= 0.3 is 0 Å². The molecule has 0 spiro atoms. The van der Waals surface area contributed by atoms with Crippen LogP contribution in [0.25, 0.3) is 0 Å². The molecule has 3 aliphatic rings. The second-order valence-electron chi connectivity index (χ2n) is 6.07. The Balaban J connectivity index is 1.54. The van der Waals surface area contributed by atoms with E-state index in [1.54, 1.807) is 0 Å². The number of likely N-dealkylation sites (tertiary alicyclic amines) is 1. The summed E-state index contributed by atoms with van der Waals surface area (Å²) in [5, 5.41) is 0. The van der Waals surface area contributed by atoms with Gasteiger partial charge in [-0.05, 0) is 43.4 Å².